The SMILES string of the molecule is Cc1ccccc1N(CC(=O)N(Cc1ccc(Cl)cc1)[C@@H](C)C(=O)NC1CCCC1)S(=O)(=O)c1ccccc1. The van der Waals surface area contributed by atoms with Gasteiger partial charge in [-0.2, -0.15) is 0 Å². The van der Waals surface area contributed by atoms with Gasteiger partial charge in [-0.15, -0.1) is 0 Å². The number of nitrogens with zero attached hydrogens (tertiary/aromatic N) is 2. The van der Waals surface area contributed by atoms with Gasteiger partial charge < -0.3 is 10.2 Å². The number of hydrogen-bond acceptors (Lipinski definition) is 4. The minimum absolute atomic E-state index is 0.0809. The smallest absolute Gasteiger partial charge is 0.264 e. The summed E-state index contributed by atoms with van der Waals surface area (Å²) >= 11 is 6.06. The standard InChI is InChI=1S/C30H34ClN3O4S/c1-22-10-6-9-15-28(22)34(39(37,38)27-13-4-3-5-14-27)21-29(35)33(20-24-16-18-25(31)19-17-24)23(2)30(36)32-26-11-7-8-12-26/h3-6,9-10,13-19,23,26H,7-8,11-12,20-21H2,1-2H3,(H,32,36)/t23-/m0/s1. The molecule has 9 heteroatoms. The Morgan fingerprint density at radius 3 is 2.21 bits per heavy atom. The van der Waals surface area contributed by atoms with Crippen molar-refractivity contribution in [3.05, 3.63) is 95.0 Å². The first-order valence-corrected chi connectivity index (χ1v) is 15.0. The van der Waals surface area contributed by atoms with Crippen LogP contribution < -0.4 is 9.62 Å². The van der Waals surface area contributed by atoms with Crippen molar-refractivity contribution in [3.63, 3.8) is 0 Å². The molecule has 0 spiro atoms. The van der Waals surface area contributed by atoms with E-state index in [1.54, 1.807) is 74.5 Å². The highest BCUT2D eigenvalue weighted by molar-refractivity contribution is 7.92. The third kappa shape index (κ3) is 6.99. The van der Waals surface area contributed by atoms with Crippen LogP contribution in [0.2, 0.25) is 5.02 Å². The fourth-order valence-corrected chi connectivity index (χ4v) is 6.46. The van der Waals surface area contributed by atoms with Gasteiger partial charge in [0.15, 0.2) is 0 Å². The molecule has 0 heterocycles. The number of rotatable bonds is 10. The predicted octanol–water partition coefficient (Wildman–Crippen LogP) is 5.32. The van der Waals surface area contributed by atoms with Crippen molar-refractivity contribution in [2.75, 3.05) is 10.8 Å². The molecule has 2 amide bonds. The van der Waals surface area contributed by atoms with E-state index in [9.17, 15) is 18.0 Å². The highest BCUT2D eigenvalue weighted by Gasteiger charge is 2.33. The molecular formula is C30H34ClN3O4S. The quantitative estimate of drug-likeness (QED) is 0.359. The predicted molar refractivity (Wildman–Crippen MR) is 154 cm³/mol. The Morgan fingerprint density at radius 2 is 1.56 bits per heavy atom. The van der Waals surface area contributed by atoms with E-state index in [0.29, 0.717) is 16.3 Å². The molecule has 206 valence electrons. The second-order valence-corrected chi connectivity index (χ2v) is 12.2. The zero-order chi connectivity index (χ0) is 28.0. The summed E-state index contributed by atoms with van der Waals surface area (Å²) in [5, 5.41) is 3.63. The number of carbonyl (C=O) groups excluding carboxylic acids is 2. The van der Waals surface area contributed by atoms with Crippen LogP contribution in [0.5, 0.6) is 0 Å². The topological polar surface area (TPSA) is 86.8 Å². The van der Waals surface area contributed by atoms with Crippen molar-refractivity contribution in [2.24, 2.45) is 0 Å². The van der Waals surface area contributed by atoms with E-state index in [0.717, 1.165) is 35.6 Å². The number of aryl methyl sites for hydroxylation is 1. The summed E-state index contributed by atoms with van der Waals surface area (Å²) in [4.78, 5) is 28.8. The molecule has 39 heavy (non-hydrogen) atoms. The fraction of sp³-hybridized carbons (Fsp3) is 0.333. The molecule has 3 aromatic carbocycles. The maximum Gasteiger partial charge on any atom is 0.264 e. The lowest BCUT2D eigenvalue weighted by Gasteiger charge is -2.33. The lowest BCUT2D eigenvalue weighted by molar-refractivity contribution is -0.139. The maximum absolute atomic E-state index is 14.0. The zero-order valence-corrected chi connectivity index (χ0v) is 23.8. The first-order valence-electron chi connectivity index (χ1n) is 13.1. The molecule has 0 unspecified atom stereocenters. The van der Waals surface area contributed by atoms with E-state index in [1.165, 1.54) is 17.0 Å². The Hall–Kier alpha value is -3.36. The summed E-state index contributed by atoms with van der Waals surface area (Å²) < 4.78 is 28.8. The first kappa shape index (κ1) is 28.6. The van der Waals surface area contributed by atoms with Crippen LogP contribution in [0.25, 0.3) is 0 Å². The van der Waals surface area contributed by atoms with Crippen LogP contribution >= 0.6 is 11.6 Å². The van der Waals surface area contributed by atoms with Crippen LogP contribution in [0.15, 0.2) is 83.8 Å². The number of benzene rings is 3. The van der Waals surface area contributed by atoms with Crippen LogP contribution in [0, 0.1) is 6.92 Å². The van der Waals surface area contributed by atoms with Gasteiger partial charge in [-0.25, -0.2) is 8.42 Å². The second kappa shape index (κ2) is 12.7. The van der Waals surface area contributed by atoms with Gasteiger partial charge in [0.1, 0.15) is 12.6 Å². The molecule has 0 aromatic heterocycles. The van der Waals surface area contributed by atoms with E-state index in [4.69, 9.17) is 11.6 Å². The second-order valence-electron chi connectivity index (χ2n) is 9.93. The molecule has 1 saturated carbocycles. The largest absolute Gasteiger partial charge is 0.352 e. The van der Waals surface area contributed by atoms with Gasteiger partial charge >= 0.3 is 0 Å². The zero-order valence-electron chi connectivity index (χ0n) is 22.2. The highest BCUT2D eigenvalue weighted by Crippen LogP contribution is 2.27. The van der Waals surface area contributed by atoms with Crippen molar-refractivity contribution in [1.29, 1.82) is 0 Å². The van der Waals surface area contributed by atoms with Crippen molar-refractivity contribution >= 4 is 39.1 Å². The number of para-hydroxylation sites is 1. The van der Waals surface area contributed by atoms with E-state index >= 15 is 0 Å². The lowest BCUT2D eigenvalue weighted by Crippen LogP contribution is -2.52. The van der Waals surface area contributed by atoms with E-state index in [2.05, 4.69) is 5.32 Å². The molecule has 1 aliphatic rings. The van der Waals surface area contributed by atoms with Gasteiger partial charge in [-0.1, -0.05) is 73.0 Å². The van der Waals surface area contributed by atoms with Gasteiger partial charge in [0.05, 0.1) is 10.6 Å². The summed E-state index contributed by atoms with van der Waals surface area (Å²) in [5.74, 6) is -0.737. The van der Waals surface area contributed by atoms with E-state index in [1.807, 2.05) is 6.07 Å². The van der Waals surface area contributed by atoms with Crippen molar-refractivity contribution in [2.45, 2.75) is 63.1 Å². The van der Waals surface area contributed by atoms with E-state index in [-0.39, 0.29) is 23.4 Å². The van der Waals surface area contributed by atoms with Gasteiger partial charge in [0.25, 0.3) is 10.0 Å². The average Bonchev–Trinajstić information content (AvgIpc) is 3.45. The summed E-state index contributed by atoms with van der Waals surface area (Å²) in [6, 6.07) is 21.4. The number of carbonyl (C=O) groups is 2. The van der Waals surface area contributed by atoms with Gasteiger partial charge in [0, 0.05) is 17.6 Å². The van der Waals surface area contributed by atoms with Gasteiger partial charge in [0.2, 0.25) is 11.8 Å². The van der Waals surface area contributed by atoms with Crippen LogP contribution in [-0.2, 0) is 26.2 Å². The average molecular weight is 568 g/mol. The van der Waals surface area contributed by atoms with Crippen LogP contribution in [0.4, 0.5) is 5.69 Å². The molecule has 1 fully saturated rings. The van der Waals surface area contributed by atoms with Gasteiger partial charge in [-0.3, -0.25) is 13.9 Å². The summed E-state index contributed by atoms with van der Waals surface area (Å²) in [5.41, 5.74) is 1.90. The van der Waals surface area contributed by atoms with E-state index < -0.39 is 28.5 Å². The molecule has 4 rings (SSSR count). The first-order chi connectivity index (χ1) is 18.7. The summed E-state index contributed by atoms with van der Waals surface area (Å²) in [6.07, 6.45) is 3.96. The minimum Gasteiger partial charge on any atom is -0.352 e. The summed E-state index contributed by atoms with van der Waals surface area (Å²) in [7, 11) is -4.08. The van der Waals surface area contributed by atoms with Gasteiger partial charge in [-0.05, 0) is 68.1 Å². The minimum atomic E-state index is -4.08. The number of anilines is 1. The Bertz CT molecular complexity index is 1390. The Labute approximate surface area is 235 Å². The third-order valence-electron chi connectivity index (χ3n) is 7.13. The molecule has 0 bridgehead atoms. The normalized spacial score (nSPS) is 14.5. The molecule has 7 nitrogen and oxygen atoms in total. The third-order valence-corrected chi connectivity index (χ3v) is 9.16. The molecular weight excluding hydrogens is 534 g/mol. The Morgan fingerprint density at radius 1 is 0.949 bits per heavy atom. The van der Waals surface area contributed by atoms with Crippen LogP contribution in [0.1, 0.15) is 43.7 Å². The lowest BCUT2D eigenvalue weighted by atomic mass is 10.1. The number of amides is 2. The molecule has 1 aliphatic carbocycles. The monoisotopic (exact) mass is 567 g/mol. The Balaban J connectivity index is 1.68. The molecule has 0 radical (unpaired) electrons. The van der Waals surface area contributed by atoms with Crippen molar-refractivity contribution < 1.29 is 18.0 Å². The Kier molecular flexibility index (Phi) is 9.30. The number of nitrogens with one attached hydrogen (secondary N) is 1. The number of hydrogen-bond donors (Lipinski definition) is 1. The molecule has 0 aliphatic heterocycles. The summed E-state index contributed by atoms with van der Waals surface area (Å²) in [6.45, 7) is 3.15. The highest BCUT2D eigenvalue weighted by atomic mass is 35.5. The van der Waals surface area contributed by atoms with Crippen molar-refractivity contribution in [1.82, 2.24) is 10.2 Å². The van der Waals surface area contributed by atoms with Crippen LogP contribution in [-0.4, -0.2) is 43.8 Å². The van der Waals surface area contributed by atoms with Crippen LogP contribution in [0.3, 0.4) is 0 Å². The number of halogens is 1. The van der Waals surface area contributed by atoms with Crippen molar-refractivity contribution in [3.8, 4) is 0 Å². The fourth-order valence-electron chi connectivity index (χ4n) is 4.84. The number of sulfonamides is 1. The molecule has 0 saturated heterocycles. The molecule has 3 aromatic rings. The maximum atomic E-state index is 14.0. The molecule has 1 atom stereocenters. The molecule has 1 N–H and O–H groups in total.